The second kappa shape index (κ2) is 10.7. The minimum atomic E-state index is -0.752. The summed E-state index contributed by atoms with van der Waals surface area (Å²) in [4.78, 5) is 29.9. The number of nitrogens with zero attached hydrogens (tertiary/aromatic N) is 2. The van der Waals surface area contributed by atoms with E-state index in [1.807, 2.05) is 19.9 Å². The fourth-order valence-electron chi connectivity index (χ4n) is 4.02. The number of ether oxygens (including phenoxy) is 2. The summed E-state index contributed by atoms with van der Waals surface area (Å²) < 4.78 is 10.6. The first-order valence-corrected chi connectivity index (χ1v) is 11.2. The average molecular weight is 473 g/mol. The van der Waals surface area contributed by atoms with Gasteiger partial charge in [0.25, 0.3) is 11.7 Å². The Hall–Kier alpha value is -3.03. The van der Waals surface area contributed by atoms with Crippen LogP contribution in [-0.4, -0.2) is 67.0 Å². The van der Waals surface area contributed by atoms with Crippen molar-refractivity contribution in [1.29, 1.82) is 0 Å². The van der Waals surface area contributed by atoms with E-state index >= 15 is 0 Å². The van der Waals surface area contributed by atoms with Gasteiger partial charge in [-0.25, -0.2) is 0 Å². The summed E-state index contributed by atoms with van der Waals surface area (Å²) in [5.74, 6) is -0.697. The van der Waals surface area contributed by atoms with Gasteiger partial charge in [-0.15, -0.1) is 0 Å². The van der Waals surface area contributed by atoms with E-state index in [1.54, 1.807) is 43.5 Å². The Balaban J connectivity index is 2.14. The molecule has 2 aromatic rings. The summed E-state index contributed by atoms with van der Waals surface area (Å²) in [6.07, 6.45) is 0. The van der Waals surface area contributed by atoms with E-state index < -0.39 is 17.7 Å². The van der Waals surface area contributed by atoms with Gasteiger partial charge in [0.05, 0.1) is 30.9 Å². The van der Waals surface area contributed by atoms with Crippen LogP contribution in [0.3, 0.4) is 0 Å². The number of hydrogen-bond donors (Lipinski definition) is 1. The third-order valence-corrected chi connectivity index (χ3v) is 6.24. The van der Waals surface area contributed by atoms with Gasteiger partial charge in [-0.05, 0) is 49.0 Å². The normalized spacial score (nSPS) is 17.6. The lowest BCUT2D eigenvalue weighted by Gasteiger charge is -2.28. The minimum Gasteiger partial charge on any atom is -0.507 e. The van der Waals surface area contributed by atoms with Gasteiger partial charge < -0.3 is 24.4 Å². The number of rotatable bonds is 9. The Morgan fingerprint density at radius 3 is 2.45 bits per heavy atom. The maximum atomic E-state index is 13.2. The Morgan fingerprint density at radius 2 is 1.82 bits per heavy atom. The molecule has 0 aliphatic carbocycles. The summed E-state index contributed by atoms with van der Waals surface area (Å²) in [6, 6.07) is 11.1. The quantitative estimate of drug-likeness (QED) is 0.336. The molecule has 3 rings (SSSR count). The first-order valence-electron chi connectivity index (χ1n) is 10.8. The van der Waals surface area contributed by atoms with Gasteiger partial charge >= 0.3 is 0 Å². The Morgan fingerprint density at radius 1 is 1.09 bits per heavy atom. The standard InChI is InChI=1S/C25H29ClN2O5/c1-5-27(6-2)12-13-28-22(16-8-7-9-18(14-16)32-3)21(24(30)25(28)31)23(29)17-10-11-19(26)20(15-17)33-4/h7-11,14-15,22,29H,5-6,12-13H2,1-4H3/b23-21-. The predicted molar refractivity (Wildman–Crippen MR) is 128 cm³/mol. The molecule has 1 aliphatic rings. The molecule has 1 N–H and O–H groups in total. The van der Waals surface area contributed by atoms with Crippen molar-refractivity contribution in [3.63, 3.8) is 0 Å². The number of carbonyl (C=O) groups excluding carboxylic acids is 2. The lowest BCUT2D eigenvalue weighted by molar-refractivity contribution is -0.140. The number of Topliss-reactive ketones (excluding diaryl/α,β-unsaturated/α-hetero) is 1. The fraction of sp³-hybridized carbons (Fsp3) is 0.360. The molecule has 1 atom stereocenters. The number of methoxy groups -OCH3 is 2. The van der Waals surface area contributed by atoms with E-state index in [4.69, 9.17) is 21.1 Å². The van der Waals surface area contributed by atoms with Gasteiger partial charge in [0.1, 0.15) is 17.3 Å². The van der Waals surface area contributed by atoms with Crippen LogP contribution in [0.15, 0.2) is 48.0 Å². The predicted octanol–water partition coefficient (Wildman–Crippen LogP) is 4.12. The van der Waals surface area contributed by atoms with E-state index in [0.717, 1.165) is 13.1 Å². The molecular formula is C25H29ClN2O5. The largest absolute Gasteiger partial charge is 0.507 e. The van der Waals surface area contributed by atoms with Crippen molar-refractivity contribution < 1.29 is 24.2 Å². The zero-order valence-electron chi connectivity index (χ0n) is 19.3. The summed E-state index contributed by atoms with van der Waals surface area (Å²) in [7, 11) is 3.02. The van der Waals surface area contributed by atoms with Crippen molar-refractivity contribution >= 4 is 29.1 Å². The molecule has 0 spiro atoms. The molecule has 2 aromatic carbocycles. The highest BCUT2D eigenvalue weighted by Crippen LogP contribution is 2.41. The van der Waals surface area contributed by atoms with Crippen LogP contribution in [0, 0.1) is 0 Å². The molecule has 1 fully saturated rings. The smallest absolute Gasteiger partial charge is 0.295 e. The van der Waals surface area contributed by atoms with Crippen molar-refractivity contribution in [2.45, 2.75) is 19.9 Å². The summed E-state index contributed by atoms with van der Waals surface area (Å²) >= 11 is 6.12. The molecule has 0 aromatic heterocycles. The number of amides is 1. The molecule has 1 heterocycles. The molecule has 7 nitrogen and oxygen atoms in total. The molecule has 176 valence electrons. The van der Waals surface area contributed by atoms with Crippen molar-refractivity contribution in [3.05, 3.63) is 64.2 Å². The number of benzene rings is 2. The third-order valence-electron chi connectivity index (χ3n) is 5.93. The number of halogens is 1. The zero-order valence-corrected chi connectivity index (χ0v) is 20.1. The number of aliphatic hydroxyl groups is 1. The number of likely N-dealkylation sites (tertiary alicyclic amines) is 1. The number of likely N-dealkylation sites (N-methyl/N-ethyl adjacent to an activating group) is 1. The molecule has 8 heteroatoms. The Labute approximate surface area is 199 Å². The molecule has 1 unspecified atom stereocenters. The number of carbonyl (C=O) groups is 2. The summed E-state index contributed by atoms with van der Waals surface area (Å²) in [6.45, 7) is 6.70. The average Bonchev–Trinajstić information content (AvgIpc) is 3.09. The van der Waals surface area contributed by atoms with Crippen LogP contribution < -0.4 is 9.47 Å². The van der Waals surface area contributed by atoms with Crippen LogP contribution in [0.5, 0.6) is 11.5 Å². The fourth-order valence-corrected chi connectivity index (χ4v) is 4.22. The molecule has 0 radical (unpaired) electrons. The van der Waals surface area contributed by atoms with Crippen molar-refractivity contribution in [2.24, 2.45) is 0 Å². The first kappa shape index (κ1) is 24.6. The van der Waals surface area contributed by atoms with Crippen LogP contribution in [-0.2, 0) is 9.59 Å². The molecule has 0 saturated carbocycles. The van der Waals surface area contributed by atoms with E-state index in [0.29, 0.717) is 40.7 Å². The molecule has 1 amide bonds. The van der Waals surface area contributed by atoms with E-state index in [-0.39, 0.29) is 11.3 Å². The monoisotopic (exact) mass is 472 g/mol. The first-order chi connectivity index (χ1) is 15.9. The topological polar surface area (TPSA) is 79.3 Å². The van der Waals surface area contributed by atoms with Crippen LogP contribution in [0.4, 0.5) is 0 Å². The summed E-state index contributed by atoms with van der Waals surface area (Å²) in [5, 5.41) is 11.6. The minimum absolute atomic E-state index is 0.0252. The molecule has 1 aliphatic heterocycles. The number of hydrogen-bond acceptors (Lipinski definition) is 6. The van der Waals surface area contributed by atoms with Gasteiger partial charge in [0, 0.05) is 18.7 Å². The maximum Gasteiger partial charge on any atom is 0.295 e. The Kier molecular flexibility index (Phi) is 8.00. The van der Waals surface area contributed by atoms with Gasteiger partial charge in [0.15, 0.2) is 0 Å². The second-order valence-electron chi connectivity index (χ2n) is 7.65. The van der Waals surface area contributed by atoms with E-state index in [2.05, 4.69) is 4.90 Å². The van der Waals surface area contributed by atoms with Crippen molar-refractivity contribution in [1.82, 2.24) is 9.80 Å². The molecule has 0 bridgehead atoms. The highest BCUT2D eigenvalue weighted by molar-refractivity contribution is 6.46. The van der Waals surface area contributed by atoms with E-state index in [1.165, 1.54) is 12.0 Å². The van der Waals surface area contributed by atoms with Gasteiger partial charge in [-0.1, -0.05) is 37.6 Å². The zero-order chi connectivity index (χ0) is 24.1. The molecular weight excluding hydrogens is 444 g/mol. The lowest BCUT2D eigenvalue weighted by Crippen LogP contribution is -2.38. The van der Waals surface area contributed by atoms with Crippen molar-refractivity contribution in [3.8, 4) is 11.5 Å². The van der Waals surface area contributed by atoms with Crippen molar-refractivity contribution in [2.75, 3.05) is 40.4 Å². The van der Waals surface area contributed by atoms with Gasteiger partial charge in [0.2, 0.25) is 0 Å². The van der Waals surface area contributed by atoms with Crippen LogP contribution in [0.2, 0.25) is 5.02 Å². The lowest BCUT2D eigenvalue weighted by atomic mass is 9.95. The van der Waals surface area contributed by atoms with Crippen LogP contribution >= 0.6 is 11.6 Å². The van der Waals surface area contributed by atoms with Gasteiger partial charge in [-0.3, -0.25) is 9.59 Å². The molecule has 33 heavy (non-hydrogen) atoms. The second-order valence-corrected chi connectivity index (χ2v) is 8.05. The number of ketones is 1. The number of aliphatic hydroxyl groups excluding tert-OH is 1. The van der Waals surface area contributed by atoms with Gasteiger partial charge in [-0.2, -0.15) is 0 Å². The third kappa shape index (κ3) is 4.99. The van der Waals surface area contributed by atoms with Crippen LogP contribution in [0.1, 0.15) is 31.0 Å². The molecule has 1 saturated heterocycles. The van der Waals surface area contributed by atoms with E-state index in [9.17, 15) is 14.7 Å². The van der Waals surface area contributed by atoms with Crippen LogP contribution in [0.25, 0.3) is 5.76 Å². The highest BCUT2D eigenvalue weighted by atomic mass is 35.5. The Bertz CT molecular complexity index is 1060. The highest BCUT2D eigenvalue weighted by Gasteiger charge is 2.46. The SMILES string of the molecule is CCN(CC)CCN1C(=O)C(=O)/C(=C(\O)c2ccc(Cl)c(OC)c2)C1c1cccc(OC)c1. The maximum absolute atomic E-state index is 13.2. The summed E-state index contributed by atoms with van der Waals surface area (Å²) in [5.41, 5.74) is 1.04.